The fourth-order valence-corrected chi connectivity index (χ4v) is 2.67. The van der Waals surface area contributed by atoms with Crippen molar-refractivity contribution in [1.29, 1.82) is 0 Å². The van der Waals surface area contributed by atoms with E-state index < -0.39 is 0 Å². The van der Waals surface area contributed by atoms with Crippen LogP contribution in [0.3, 0.4) is 0 Å². The van der Waals surface area contributed by atoms with Crippen molar-refractivity contribution in [2.45, 2.75) is 6.54 Å². The Labute approximate surface area is 162 Å². The van der Waals surface area contributed by atoms with Gasteiger partial charge in [-0.05, 0) is 23.8 Å². The van der Waals surface area contributed by atoms with Crippen LogP contribution in [0.1, 0.15) is 5.56 Å². The molecule has 0 saturated carbocycles. The van der Waals surface area contributed by atoms with E-state index in [2.05, 4.69) is 15.3 Å². The summed E-state index contributed by atoms with van der Waals surface area (Å²) in [6.07, 6.45) is 1.42. The number of rotatable bonds is 6. The molecule has 2 aromatic carbocycles. The average molecular weight is 394 g/mol. The second kappa shape index (κ2) is 8.50. The quantitative estimate of drug-likeness (QED) is 0.548. The van der Waals surface area contributed by atoms with Crippen LogP contribution in [0.5, 0.6) is 28.7 Å². The standard InChI is InChI=1S/C18H19N3O5.ClH/c1-24-14-7-11-15(17(26-3)16(14)25-2)20-9-21-18(11)19-8-10-4-5-12(22)13(23)6-10;/h4-7,9,22-23H,8H2,1-3H3,(H,19,20,21);1H. The summed E-state index contributed by atoms with van der Waals surface area (Å²) in [5, 5.41) is 22.9. The van der Waals surface area contributed by atoms with Crippen molar-refractivity contribution < 1.29 is 24.4 Å². The second-order valence-electron chi connectivity index (χ2n) is 5.44. The Morgan fingerprint density at radius 1 is 0.926 bits per heavy atom. The predicted molar refractivity (Wildman–Crippen MR) is 104 cm³/mol. The minimum Gasteiger partial charge on any atom is -0.504 e. The summed E-state index contributed by atoms with van der Waals surface area (Å²) in [7, 11) is 4.61. The minimum atomic E-state index is -0.176. The molecule has 0 saturated heterocycles. The van der Waals surface area contributed by atoms with E-state index in [0.29, 0.717) is 40.5 Å². The summed E-state index contributed by atoms with van der Waals surface area (Å²) in [5.74, 6) is 1.64. The van der Waals surface area contributed by atoms with Crippen molar-refractivity contribution >= 4 is 29.1 Å². The van der Waals surface area contributed by atoms with Crippen molar-refractivity contribution in [3.63, 3.8) is 0 Å². The van der Waals surface area contributed by atoms with Crippen molar-refractivity contribution in [3.8, 4) is 28.7 Å². The molecule has 8 nitrogen and oxygen atoms in total. The fraction of sp³-hybridized carbons (Fsp3) is 0.222. The molecule has 0 aliphatic heterocycles. The van der Waals surface area contributed by atoms with Crippen molar-refractivity contribution in [2.75, 3.05) is 26.6 Å². The Morgan fingerprint density at radius 3 is 2.30 bits per heavy atom. The van der Waals surface area contributed by atoms with Gasteiger partial charge >= 0.3 is 0 Å². The minimum absolute atomic E-state index is 0. The Kier molecular flexibility index (Phi) is 6.36. The van der Waals surface area contributed by atoms with Gasteiger partial charge in [-0.1, -0.05) is 6.07 Å². The zero-order chi connectivity index (χ0) is 18.7. The van der Waals surface area contributed by atoms with E-state index >= 15 is 0 Å². The first-order chi connectivity index (χ1) is 12.6. The molecule has 3 N–H and O–H groups in total. The van der Waals surface area contributed by atoms with Crippen molar-refractivity contribution in [3.05, 3.63) is 36.2 Å². The summed E-state index contributed by atoms with van der Waals surface area (Å²) < 4.78 is 16.2. The molecule has 0 fully saturated rings. The summed E-state index contributed by atoms with van der Waals surface area (Å²) >= 11 is 0. The summed E-state index contributed by atoms with van der Waals surface area (Å²) in [5.41, 5.74) is 1.36. The normalized spacial score (nSPS) is 10.2. The van der Waals surface area contributed by atoms with E-state index in [9.17, 15) is 10.2 Å². The molecule has 0 bridgehead atoms. The number of phenols is 2. The number of nitrogens with one attached hydrogen (secondary N) is 1. The van der Waals surface area contributed by atoms with Gasteiger partial charge in [0, 0.05) is 6.54 Å². The van der Waals surface area contributed by atoms with Gasteiger partial charge < -0.3 is 29.7 Å². The predicted octanol–water partition coefficient (Wildman–Crippen LogP) is 3.10. The third-order valence-electron chi connectivity index (χ3n) is 3.93. The number of halogens is 1. The van der Waals surface area contributed by atoms with E-state index in [4.69, 9.17) is 14.2 Å². The Hall–Kier alpha value is -3.13. The lowest BCUT2D eigenvalue weighted by molar-refractivity contribution is 0.327. The number of aromatic nitrogens is 2. The molecule has 144 valence electrons. The van der Waals surface area contributed by atoms with Gasteiger partial charge in [0.15, 0.2) is 23.0 Å². The molecule has 9 heteroatoms. The maximum Gasteiger partial charge on any atom is 0.205 e. The van der Waals surface area contributed by atoms with E-state index in [1.807, 2.05) is 0 Å². The van der Waals surface area contributed by atoms with Crippen molar-refractivity contribution in [2.24, 2.45) is 0 Å². The number of phenolic OH excluding ortho intramolecular Hbond substituents is 2. The number of hydrogen-bond donors (Lipinski definition) is 3. The Bertz CT molecular complexity index is 952. The van der Waals surface area contributed by atoms with Crippen LogP contribution in [-0.2, 0) is 6.54 Å². The zero-order valence-electron chi connectivity index (χ0n) is 15.0. The molecule has 1 aromatic heterocycles. The van der Waals surface area contributed by atoms with Gasteiger partial charge in [-0.15, -0.1) is 12.4 Å². The Balaban J connectivity index is 0.00000261. The van der Waals surface area contributed by atoms with Crippen LogP contribution in [0, 0.1) is 0 Å². The maximum atomic E-state index is 9.61. The molecular weight excluding hydrogens is 374 g/mol. The molecule has 0 amide bonds. The molecule has 0 radical (unpaired) electrons. The first-order valence-electron chi connectivity index (χ1n) is 7.77. The van der Waals surface area contributed by atoms with Gasteiger partial charge in [-0.3, -0.25) is 0 Å². The summed E-state index contributed by atoms with van der Waals surface area (Å²) in [4.78, 5) is 8.57. The number of methoxy groups -OCH3 is 3. The van der Waals surface area contributed by atoms with Gasteiger partial charge in [-0.25, -0.2) is 9.97 Å². The molecule has 0 unspecified atom stereocenters. The lowest BCUT2D eigenvalue weighted by atomic mass is 10.1. The lowest BCUT2D eigenvalue weighted by Gasteiger charge is -2.16. The number of fused-ring (bicyclic) bond motifs is 1. The molecule has 27 heavy (non-hydrogen) atoms. The topological polar surface area (TPSA) is 106 Å². The molecule has 1 heterocycles. The summed E-state index contributed by atoms with van der Waals surface area (Å²) in [6, 6.07) is 6.39. The number of anilines is 1. The van der Waals surface area contributed by atoms with Crippen LogP contribution in [0.15, 0.2) is 30.6 Å². The molecule has 0 aliphatic rings. The van der Waals surface area contributed by atoms with Crippen LogP contribution in [0.25, 0.3) is 10.9 Å². The number of benzene rings is 2. The first kappa shape index (κ1) is 20.2. The number of aromatic hydroxyl groups is 2. The van der Waals surface area contributed by atoms with Crippen LogP contribution in [0.4, 0.5) is 5.82 Å². The highest BCUT2D eigenvalue weighted by molar-refractivity contribution is 5.96. The monoisotopic (exact) mass is 393 g/mol. The van der Waals surface area contributed by atoms with Crippen LogP contribution in [-0.4, -0.2) is 41.5 Å². The van der Waals surface area contributed by atoms with Crippen LogP contribution >= 0.6 is 12.4 Å². The van der Waals surface area contributed by atoms with Gasteiger partial charge in [0.1, 0.15) is 17.7 Å². The van der Waals surface area contributed by atoms with Gasteiger partial charge in [-0.2, -0.15) is 0 Å². The van der Waals surface area contributed by atoms with Gasteiger partial charge in [0.25, 0.3) is 0 Å². The van der Waals surface area contributed by atoms with E-state index in [0.717, 1.165) is 5.56 Å². The number of ether oxygens (including phenoxy) is 3. The van der Waals surface area contributed by atoms with E-state index in [1.165, 1.54) is 32.7 Å². The molecule has 0 atom stereocenters. The van der Waals surface area contributed by atoms with Gasteiger partial charge in [0.2, 0.25) is 5.75 Å². The zero-order valence-corrected chi connectivity index (χ0v) is 15.8. The van der Waals surface area contributed by atoms with E-state index in [1.54, 1.807) is 19.2 Å². The summed E-state index contributed by atoms with van der Waals surface area (Å²) in [6.45, 7) is 0.386. The van der Waals surface area contributed by atoms with Crippen LogP contribution in [0.2, 0.25) is 0 Å². The maximum absolute atomic E-state index is 9.61. The lowest BCUT2D eigenvalue weighted by Crippen LogP contribution is -2.04. The number of nitrogens with zero attached hydrogens (tertiary/aromatic N) is 2. The highest BCUT2D eigenvalue weighted by Gasteiger charge is 2.19. The van der Waals surface area contributed by atoms with Crippen molar-refractivity contribution in [1.82, 2.24) is 9.97 Å². The molecule has 3 aromatic rings. The molecule has 0 aliphatic carbocycles. The largest absolute Gasteiger partial charge is 0.504 e. The first-order valence-corrected chi connectivity index (χ1v) is 7.77. The number of hydrogen-bond acceptors (Lipinski definition) is 8. The van der Waals surface area contributed by atoms with Crippen LogP contribution < -0.4 is 19.5 Å². The third-order valence-corrected chi connectivity index (χ3v) is 3.93. The smallest absolute Gasteiger partial charge is 0.205 e. The SMILES string of the molecule is COc1cc2c(NCc3ccc(O)c(O)c3)ncnc2c(OC)c1OC.Cl. The molecule has 0 spiro atoms. The van der Waals surface area contributed by atoms with E-state index in [-0.39, 0.29) is 23.9 Å². The Morgan fingerprint density at radius 2 is 1.67 bits per heavy atom. The highest BCUT2D eigenvalue weighted by Crippen LogP contribution is 2.43. The molecular formula is C18H20ClN3O5. The highest BCUT2D eigenvalue weighted by atomic mass is 35.5. The van der Waals surface area contributed by atoms with Gasteiger partial charge in [0.05, 0.1) is 26.7 Å². The third kappa shape index (κ3) is 3.85. The second-order valence-corrected chi connectivity index (χ2v) is 5.44. The fourth-order valence-electron chi connectivity index (χ4n) is 2.67. The molecule has 3 rings (SSSR count). The average Bonchev–Trinajstić information content (AvgIpc) is 2.67.